The lowest BCUT2D eigenvalue weighted by Crippen LogP contribution is -2.44. The van der Waals surface area contributed by atoms with Gasteiger partial charge in [0.05, 0.1) is 17.6 Å². The Labute approximate surface area is 154 Å². The topological polar surface area (TPSA) is 102 Å². The summed E-state index contributed by atoms with van der Waals surface area (Å²) in [4.78, 5) is 15.1. The number of nitrogens with one attached hydrogen (secondary N) is 1. The van der Waals surface area contributed by atoms with Crippen LogP contribution in [0.4, 0.5) is 0 Å². The predicted octanol–water partition coefficient (Wildman–Crippen LogP) is 1.48. The summed E-state index contributed by atoms with van der Waals surface area (Å²) in [6.45, 7) is 1.65. The van der Waals surface area contributed by atoms with Gasteiger partial charge in [0.15, 0.2) is 0 Å². The summed E-state index contributed by atoms with van der Waals surface area (Å²) in [6, 6.07) is 5.04. The van der Waals surface area contributed by atoms with Crippen molar-refractivity contribution in [1.29, 1.82) is 0 Å². The zero-order valence-electron chi connectivity index (χ0n) is 15.1. The second-order valence-corrected chi connectivity index (χ2v) is 8.65. The monoisotopic (exact) mass is 381 g/mol. The predicted molar refractivity (Wildman–Crippen MR) is 98.7 cm³/mol. The highest BCUT2D eigenvalue weighted by molar-refractivity contribution is 7.89. The van der Waals surface area contributed by atoms with Crippen molar-refractivity contribution in [1.82, 2.24) is 10.2 Å². The summed E-state index contributed by atoms with van der Waals surface area (Å²) >= 11 is 0. The quantitative estimate of drug-likeness (QED) is 0.777. The molecule has 3 rings (SSSR count). The molecule has 1 aromatic rings. The number of hydrogen-bond donors (Lipinski definition) is 2. The number of hydrogen-bond acceptors (Lipinski definition) is 5. The van der Waals surface area contributed by atoms with E-state index in [1.807, 2.05) is 0 Å². The van der Waals surface area contributed by atoms with E-state index in [0.29, 0.717) is 24.4 Å². The van der Waals surface area contributed by atoms with Crippen LogP contribution in [-0.4, -0.2) is 51.5 Å². The lowest BCUT2D eigenvalue weighted by molar-refractivity contribution is 0.0928. The Morgan fingerprint density at radius 2 is 2.00 bits per heavy atom. The maximum absolute atomic E-state index is 12.6. The van der Waals surface area contributed by atoms with Gasteiger partial charge in [0, 0.05) is 18.6 Å². The minimum atomic E-state index is -3.88. The minimum Gasteiger partial charge on any atom is -0.496 e. The lowest BCUT2D eigenvalue weighted by atomic mass is 10.1. The smallest absolute Gasteiger partial charge is 0.255 e. The number of nitrogens with two attached hydrogens (primary N) is 1. The first-order valence-corrected chi connectivity index (χ1v) is 10.7. The molecule has 1 amide bonds. The van der Waals surface area contributed by atoms with Crippen molar-refractivity contribution in [2.75, 3.05) is 20.2 Å². The third-order valence-electron chi connectivity index (χ3n) is 5.46. The number of likely N-dealkylation sites (tertiary alicyclic amines) is 1. The van der Waals surface area contributed by atoms with E-state index in [1.165, 1.54) is 51.0 Å². The molecule has 0 aromatic heterocycles. The van der Waals surface area contributed by atoms with Crippen LogP contribution in [0.1, 0.15) is 48.9 Å². The fourth-order valence-electron chi connectivity index (χ4n) is 4.14. The molecular weight excluding hydrogens is 354 g/mol. The number of carbonyl (C=O) groups excluding carboxylic acids is 1. The molecule has 1 atom stereocenters. The fraction of sp³-hybridized carbons (Fsp3) is 0.611. The van der Waals surface area contributed by atoms with Crippen LogP contribution in [0.25, 0.3) is 0 Å². The lowest BCUT2D eigenvalue weighted by Gasteiger charge is -2.30. The number of ether oxygens (including phenoxy) is 1. The Kier molecular flexibility index (Phi) is 5.84. The van der Waals surface area contributed by atoms with E-state index in [2.05, 4.69) is 10.2 Å². The molecule has 1 unspecified atom stereocenters. The minimum absolute atomic E-state index is 0.100. The Balaban J connectivity index is 1.69. The van der Waals surface area contributed by atoms with Crippen LogP contribution in [-0.2, 0) is 10.0 Å². The molecule has 144 valence electrons. The summed E-state index contributed by atoms with van der Waals surface area (Å²) in [5.74, 6) is -0.0143. The molecule has 1 aromatic carbocycles. The molecule has 1 aliphatic heterocycles. The van der Waals surface area contributed by atoms with Gasteiger partial charge in [0.25, 0.3) is 5.91 Å². The molecule has 1 aliphatic carbocycles. The van der Waals surface area contributed by atoms with Gasteiger partial charge < -0.3 is 10.1 Å². The number of carbonyl (C=O) groups is 1. The van der Waals surface area contributed by atoms with Crippen LogP contribution in [0.15, 0.2) is 23.1 Å². The maximum Gasteiger partial charge on any atom is 0.255 e. The molecular formula is C18H27N3O4S. The number of methoxy groups -OCH3 is 1. The van der Waals surface area contributed by atoms with E-state index in [4.69, 9.17) is 9.88 Å². The van der Waals surface area contributed by atoms with Crippen molar-refractivity contribution in [2.45, 2.75) is 55.5 Å². The Hall–Kier alpha value is -1.64. The van der Waals surface area contributed by atoms with E-state index >= 15 is 0 Å². The number of benzene rings is 1. The van der Waals surface area contributed by atoms with E-state index in [-0.39, 0.29) is 16.4 Å². The molecule has 0 bridgehead atoms. The molecule has 26 heavy (non-hydrogen) atoms. The third kappa shape index (κ3) is 4.19. The first kappa shape index (κ1) is 19.1. The molecule has 0 radical (unpaired) electrons. The normalized spacial score (nSPS) is 21.8. The van der Waals surface area contributed by atoms with Gasteiger partial charge in [-0.3, -0.25) is 9.69 Å². The Morgan fingerprint density at radius 1 is 1.27 bits per heavy atom. The summed E-state index contributed by atoms with van der Waals surface area (Å²) in [6.07, 6.45) is 7.30. The first-order valence-electron chi connectivity index (χ1n) is 9.15. The maximum atomic E-state index is 12.6. The molecule has 0 spiro atoms. The van der Waals surface area contributed by atoms with Crippen molar-refractivity contribution in [3.8, 4) is 5.75 Å². The molecule has 1 saturated heterocycles. The second kappa shape index (κ2) is 7.94. The van der Waals surface area contributed by atoms with Crippen molar-refractivity contribution >= 4 is 15.9 Å². The molecule has 1 heterocycles. The van der Waals surface area contributed by atoms with Crippen LogP contribution >= 0.6 is 0 Å². The van der Waals surface area contributed by atoms with E-state index in [1.54, 1.807) is 0 Å². The average Bonchev–Trinajstić information content (AvgIpc) is 3.29. The zero-order chi connectivity index (χ0) is 18.7. The van der Waals surface area contributed by atoms with Gasteiger partial charge in [-0.1, -0.05) is 12.8 Å². The number of nitrogens with zero attached hydrogens (tertiary/aromatic N) is 1. The van der Waals surface area contributed by atoms with Crippen LogP contribution in [0.5, 0.6) is 5.75 Å². The van der Waals surface area contributed by atoms with Gasteiger partial charge in [-0.05, 0) is 50.4 Å². The van der Waals surface area contributed by atoms with Crippen LogP contribution < -0.4 is 15.2 Å². The van der Waals surface area contributed by atoms with Crippen molar-refractivity contribution < 1.29 is 17.9 Å². The zero-order valence-corrected chi connectivity index (χ0v) is 15.9. The molecule has 7 nitrogen and oxygen atoms in total. The fourth-order valence-corrected chi connectivity index (χ4v) is 4.68. The average molecular weight is 381 g/mol. The SMILES string of the molecule is COc1ccc(S(N)(=O)=O)cc1C(=O)NCC1CCCN1C1CCCC1. The van der Waals surface area contributed by atoms with Gasteiger partial charge in [-0.15, -0.1) is 0 Å². The largest absolute Gasteiger partial charge is 0.496 e. The van der Waals surface area contributed by atoms with Crippen molar-refractivity contribution in [3.05, 3.63) is 23.8 Å². The van der Waals surface area contributed by atoms with E-state index in [9.17, 15) is 13.2 Å². The van der Waals surface area contributed by atoms with Gasteiger partial charge in [0.2, 0.25) is 10.0 Å². The number of primary sulfonamides is 1. The van der Waals surface area contributed by atoms with Crippen LogP contribution in [0.3, 0.4) is 0 Å². The number of rotatable bonds is 6. The van der Waals surface area contributed by atoms with E-state index in [0.717, 1.165) is 19.4 Å². The molecule has 8 heteroatoms. The summed E-state index contributed by atoms with van der Waals surface area (Å²) in [5.41, 5.74) is 0.185. The third-order valence-corrected chi connectivity index (χ3v) is 6.37. The summed E-state index contributed by atoms with van der Waals surface area (Å²) < 4.78 is 28.3. The first-order chi connectivity index (χ1) is 12.4. The van der Waals surface area contributed by atoms with Crippen molar-refractivity contribution in [2.24, 2.45) is 5.14 Å². The van der Waals surface area contributed by atoms with Gasteiger partial charge in [0.1, 0.15) is 5.75 Å². The number of amides is 1. The molecule has 2 fully saturated rings. The number of sulfonamides is 1. The van der Waals surface area contributed by atoms with Gasteiger partial charge >= 0.3 is 0 Å². The van der Waals surface area contributed by atoms with Crippen LogP contribution in [0.2, 0.25) is 0 Å². The standard InChI is InChI=1S/C18H27N3O4S/c1-25-17-9-8-15(26(19,23)24)11-16(17)18(22)20-12-14-7-4-10-21(14)13-5-2-3-6-13/h8-9,11,13-14H,2-7,10,12H2,1H3,(H,20,22)(H2,19,23,24). The summed E-state index contributed by atoms with van der Waals surface area (Å²) in [7, 11) is -2.43. The highest BCUT2D eigenvalue weighted by Crippen LogP contribution is 2.30. The van der Waals surface area contributed by atoms with Crippen LogP contribution in [0, 0.1) is 0 Å². The van der Waals surface area contributed by atoms with Crippen molar-refractivity contribution in [3.63, 3.8) is 0 Å². The van der Waals surface area contributed by atoms with Gasteiger partial charge in [-0.2, -0.15) is 0 Å². The Bertz CT molecular complexity index is 760. The molecule has 3 N–H and O–H groups in total. The molecule has 1 saturated carbocycles. The van der Waals surface area contributed by atoms with E-state index < -0.39 is 10.0 Å². The summed E-state index contributed by atoms with van der Waals surface area (Å²) in [5, 5.41) is 8.12. The Morgan fingerprint density at radius 3 is 2.65 bits per heavy atom. The molecule has 2 aliphatic rings. The highest BCUT2D eigenvalue weighted by Gasteiger charge is 2.32. The van der Waals surface area contributed by atoms with Gasteiger partial charge in [-0.25, -0.2) is 13.6 Å². The highest BCUT2D eigenvalue weighted by atomic mass is 32.2. The second-order valence-electron chi connectivity index (χ2n) is 7.09.